The Morgan fingerprint density at radius 2 is 0.737 bits per heavy atom. The Labute approximate surface area is 576 Å². The summed E-state index contributed by atoms with van der Waals surface area (Å²) >= 11 is 0. The molecule has 1 unspecified atom stereocenters. The molecular formula is C67H103N13O19. The van der Waals surface area contributed by atoms with Crippen LogP contribution in [0.1, 0.15) is 169 Å². The number of carboxylic acids is 4. The second-order valence-corrected chi connectivity index (χ2v) is 25.2. The number of nitrogens with one attached hydrogen (secondary N) is 11. The number of aryl methyl sites for hydroxylation is 1. The molecule has 0 radical (unpaired) electrons. The number of nitrogens with two attached hydrogens (primary N) is 2. The molecular weight excluding hydrogens is 1290 g/mol. The fourth-order valence-electron chi connectivity index (χ4n) is 9.87. The highest BCUT2D eigenvalue weighted by atomic mass is 16.4. The van der Waals surface area contributed by atoms with Crippen LogP contribution in [0.2, 0.25) is 0 Å². The van der Waals surface area contributed by atoms with Gasteiger partial charge in [-0.15, -0.1) is 0 Å². The molecule has 550 valence electrons. The largest absolute Gasteiger partial charge is 0.481 e. The van der Waals surface area contributed by atoms with E-state index in [9.17, 15) is 92.3 Å². The highest BCUT2D eigenvalue weighted by molar-refractivity contribution is 5.99. The minimum Gasteiger partial charge on any atom is -0.481 e. The van der Waals surface area contributed by atoms with Crippen molar-refractivity contribution in [2.45, 2.75) is 237 Å². The van der Waals surface area contributed by atoms with Gasteiger partial charge in [-0.1, -0.05) is 108 Å². The number of unbranched alkanes of at least 4 members (excludes halogenated alkanes) is 2. The number of aliphatic carboxylic acids is 4. The number of carbonyl (C=O) groups is 15. The maximum absolute atomic E-state index is 14.7. The van der Waals surface area contributed by atoms with Gasteiger partial charge in [-0.3, -0.25) is 71.9 Å². The Morgan fingerprint density at radius 1 is 0.384 bits per heavy atom. The van der Waals surface area contributed by atoms with Crippen LogP contribution in [0.5, 0.6) is 0 Å². The van der Waals surface area contributed by atoms with Crippen LogP contribution in [0.25, 0.3) is 0 Å². The van der Waals surface area contributed by atoms with Gasteiger partial charge in [0.1, 0.15) is 54.4 Å². The van der Waals surface area contributed by atoms with Crippen molar-refractivity contribution < 1.29 is 92.3 Å². The zero-order chi connectivity index (χ0) is 74.3. The molecule has 0 aliphatic rings. The van der Waals surface area contributed by atoms with Gasteiger partial charge in [0.15, 0.2) is 0 Å². The summed E-state index contributed by atoms with van der Waals surface area (Å²) in [5.41, 5.74) is 12.9. The van der Waals surface area contributed by atoms with E-state index in [1.165, 1.54) is 6.92 Å². The van der Waals surface area contributed by atoms with Gasteiger partial charge in [-0.25, -0.2) is 0 Å². The molecule has 32 heteroatoms. The number of rotatable bonds is 50. The molecule has 0 saturated carbocycles. The maximum Gasteiger partial charge on any atom is 0.305 e. The Balaban J connectivity index is 2.56. The molecule has 11 amide bonds. The van der Waals surface area contributed by atoms with E-state index in [2.05, 4.69) is 58.5 Å². The van der Waals surface area contributed by atoms with E-state index < -0.39 is 207 Å². The van der Waals surface area contributed by atoms with Crippen LogP contribution in [0.3, 0.4) is 0 Å². The quantitative estimate of drug-likeness (QED) is 0.0388. The van der Waals surface area contributed by atoms with Gasteiger partial charge < -0.3 is 90.4 Å². The third-order valence-electron chi connectivity index (χ3n) is 16.0. The predicted octanol–water partition coefficient (Wildman–Crippen LogP) is 0.0213. The Morgan fingerprint density at radius 3 is 1.11 bits per heavy atom. The van der Waals surface area contributed by atoms with Crippen molar-refractivity contribution in [3.63, 3.8) is 0 Å². The zero-order valence-corrected chi connectivity index (χ0v) is 57.5. The fraction of sp³-hybridized carbons (Fsp3) is 0.597. The van der Waals surface area contributed by atoms with E-state index in [0.29, 0.717) is 12.8 Å². The van der Waals surface area contributed by atoms with Gasteiger partial charge in [0, 0.05) is 38.3 Å². The summed E-state index contributed by atoms with van der Waals surface area (Å²) in [5, 5.41) is 66.8. The molecule has 0 saturated heterocycles. The lowest BCUT2D eigenvalue weighted by atomic mass is 10.00. The first-order valence-corrected chi connectivity index (χ1v) is 33.5. The average molecular weight is 1390 g/mol. The second kappa shape index (κ2) is 45.8. The van der Waals surface area contributed by atoms with Crippen LogP contribution < -0.4 is 70.0 Å². The summed E-state index contributed by atoms with van der Waals surface area (Å²) < 4.78 is 0. The highest BCUT2D eigenvalue weighted by Gasteiger charge is 2.37. The van der Waals surface area contributed by atoms with Crippen LogP contribution >= 0.6 is 0 Å². The van der Waals surface area contributed by atoms with E-state index in [0.717, 1.165) is 11.1 Å². The van der Waals surface area contributed by atoms with E-state index in [-0.39, 0.29) is 75.9 Å². The first-order valence-electron chi connectivity index (χ1n) is 33.5. The summed E-state index contributed by atoms with van der Waals surface area (Å²) in [4.78, 5) is 201. The molecule has 2 rings (SSSR count). The number of hydrogen-bond donors (Lipinski definition) is 17. The smallest absolute Gasteiger partial charge is 0.305 e. The molecule has 0 fully saturated rings. The van der Waals surface area contributed by atoms with Crippen molar-refractivity contribution in [1.82, 2.24) is 58.5 Å². The summed E-state index contributed by atoms with van der Waals surface area (Å²) in [5.74, 6) is -16.3. The molecule has 0 spiro atoms. The molecule has 99 heavy (non-hydrogen) atoms. The normalized spacial score (nSPS) is 14.4. The average Bonchev–Trinajstić information content (AvgIpc) is 0.869. The topological polar surface area (TPSA) is 521 Å². The van der Waals surface area contributed by atoms with Gasteiger partial charge in [-0.2, -0.15) is 0 Å². The number of benzene rings is 2. The second-order valence-electron chi connectivity index (χ2n) is 25.2. The van der Waals surface area contributed by atoms with E-state index in [4.69, 9.17) is 11.5 Å². The monoisotopic (exact) mass is 1390 g/mol. The first-order chi connectivity index (χ1) is 46.7. The molecule has 11 atom stereocenters. The lowest BCUT2D eigenvalue weighted by molar-refractivity contribution is -0.140. The van der Waals surface area contributed by atoms with Gasteiger partial charge in [0.2, 0.25) is 65.0 Å². The number of carboxylic acid groups (broad SMARTS) is 4. The summed E-state index contributed by atoms with van der Waals surface area (Å²) in [6.07, 6.45) is -4.50. The fourth-order valence-corrected chi connectivity index (χ4v) is 9.87. The summed E-state index contributed by atoms with van der Waals surface area (Å²) in [6, 6.07) is 2.26. The summed E-state index contributed by atoms with van der Waals surface area (Å²) in [6.45, 7) is 12.4. The van der Waals surface area contributed by atoms with E-state index in [1.54, 1.807) is 88.4 Å². The first kappa shape index (κ1) is 85.5. The Kier molecular flexibility index (Phi) is 39.6. The van der Waals surface area contributed by atoms with Gasteiger partial charge in [-0.05, 0) is 114 Å². The zero-order valence-electron chi connectivity index (χ0n) is 57.5. The van der Waals surface area contributed by atoms with Gasteiger partial charge >= 0.3 is 23.9 Å². The van der Waals surface area contributed by atoms with Crippen molar-refractivity contribution in [1.29, 1.82) is 0 Å². The molecule has 2 aromatic rings. The summed E-state index contributed by atoms with van der Waals surface area (Å²) in [7, 11) is 0. The molecule has 2 aromatic carbocycles. The third kappa shape index (κ3) is 35.0. The van der Waals surface area contributed by atoms with Crippen LogP contribution in [0, 0.1) is 11.8 Å². The Hall–Kier alpha value is -9.59. The molecule has 0 aromatic heterocycles. The number of amides is 11. The third-order valence-corrected chi connectivity index (χ3v) is 16.0. The van der Waals surface area contributed by atoms with Crippen molar-refractivity contribution in [2.24, 2.45) is 23.3 Å². The molecule has 19 N–H and O–H groups in total. The molecule has 0 aliphatic carbocycles. The molecule has 0 aliphatic heterocycles. The van der Waals surface area contributed by atoms with E-state index in [1.807, 2.05) is 13.8 Å². The van der Waals surface area contributed by atoms with Crippen LogP contribution in [0.15, 0.2) is 60.7 Å². The van der Waals surface area contributed by atoms with Crippen LogP contribution in [0.4, 0.5) is 0 Å². The number of primary amides is 1. The minimum atomic E-state index is -1.83. The lowest BCUT2D eigenvalue weighted by Gasteiger charge is -2.28. The molecule has 0 bridgehead atoms. The standard InChI is InChI=1S/C67H103N13O19/c1-8-9-22-44(60(92)77-49(28-32-55(84)85)65(97)78-50(29-33-56(86)87)64(96)76-48(27-31-54(82)83)59(91)72-41(7)58(90)71-40(6)39(4)5)73-63(95)47(26-30-53(69)81)75-61(93)45(23-16-17-34-68)74-62(94)46(25-24-42-18-12-10-13-19-42)79-67(99)52(35-38(2)3)80-66(98)51(36-57(88)89)70-37-43-20-14-11-15-21-43/h10-15,18-21,38-41,44-52,70H,8-9,16-17,22-37,68H2,1-7H3,(H2,69,81)(H,71,90)(H,72,91)(H,73,95)(H,74,94)(H,75,93)(H,76,96)(H,77,92)(H,78,97)(H,79,99)(H,80,98)(H,82,83)(H,84,85)(H,86,87)(H,88,89)/t40?,41-,44-,45-,46+,47-,48-,49-,50-,51-,52-/m0/s1. The van der Waals surface area contributed by atoms with Gasteiger partial charge in [0.25, 0.3) is 0 Å². The lowest BCUT2D eigenvalue weighted by Crippen LogP contribution is -2.60. The predicted molar refractivity (Wildman–Crippen MR) is 361 cm³/mol. The Bertz CT molecular complexity index is 3010. The van der Waals surface area contributed by atoms with Crippen molar-refractivity contribution in [3.8, 4) is 0 Å². The highest BCUT2D eigenvalue weighted by Crippen LogP contribution is 2.15. The van der Waals surface area contributed by atoms with Crippen LogP contribution in [-0.2, 0) is 84.9 Å². The SMILES string of the molecule is CCCC[C@H](NC(=O)[C@H](CCC(N)=O)NC(=O)[C@H](CCCCN)NC(=O)[C@@H](CCc1ccccc1)NC(=O)[C@H](CC(C)C)NC(=O)[C@H](CC(=O)O)NCc1ccccc1)C(=O)N[C@@H](CCC(=O)O)C(=O)N[C@@H](CCC(=O)O)C(=O)N[C@@H](CCC(=O)O)C(=O)N[C@@H](C)C(=O)NC(C)C(C)C. The van der Waals surface area contributed by atoms with Crippen molar-refractivity contribution >= 4 is 88.9 Å². The molecule has 0 heterocycles. The maximum atomic E-state index is 14.7. The van der Waals surface area contributed by atoms with Crippen LogP contribution in [-0.4, -0.2) is 182 Å². The molecule has 32 nitrogen and oxygen atoms in total. The van der Waals surface area contributed by atoms with Crippen molar-refractivity contribution in [2.75, 3.05) is 6.54 Å². The number of hydrogen-bond acceptors (Lipinski definition) is 17. The number of carbonyl (C=O) groups excluding carboxylic acids is 11. The van der Waals surface area contributed by atoms with Gasteiger partial charge in [0.05, 0.1) is 12.5 Å². The minimum absolute atomic E-state index is 0.00898. The van der Waals surface area contributed by atoms with Crippen molar-refractivity contribution in [3.05, 3.63) is 71.8 Å². The van der Waals surface area contributed by atoms with E-state index >= 15 is 0 Å².